The largest absolute Gasteiger partial charge is 0.490 e. The van der Waals surface area contributed by atoms with Gasteiger partial charge < -0.3 is 14.8 Å². The predicted octanol–water partition coefficient (Wildman–Crippen LogP) is 3.72. The van der Waals surface area contributed by atoms with E-state index in [-0.39, 0.29) is 0 Å². The maximum atomic E-state index is 5.80. The number of benzene rings is 1. The first-order valence-electron chi connectivity index (χ1n) is 8.00. The third-order valence-corrected chi connectivity index (χ3v) is 5.78. The number of hydrogen-bond acceptors (Lipinski definition) is 4. The fourth-order valence-corrected chi connectivity index (χ4v) is 4.71. The maximum Gasteiger partial charge on any atom is 0.162 e. The van der Waals surface area contributed by atoms with Gasteiger partial charge in [0.25, 0.3) is 0 Å². The topological polar surface area (TPSA) is 30.5 Å². The summed E-state index contributed by atoms with van der Waals surface area (Å²) >= 11 is 1.98. The number of rotatable bonds is 3. The molecule has 21 heavy (non-hydrogen) atoms. The second-order valence-corrected chi connectivity index (χ2v) is 7.44. The zero-order valence-electron chi connectivity index (χ0n) is 12.9. The summed E-state index contributed by atoms with van der Waals surface area (Å²) in [6.45, 7) is 3.87. The van der Waals surface area contributed by atoms with Gasteiger partial charge in [0.1, 0.15) is 0 Å². The van der Waals surface area contributed by atoms with Crippen LogP contribution in [0.15, 0.2) is 23.1 Å². The van der Waals surface area contributed by atoms with Crippen molar-refractivity contribution in [3.63, 3.8) is 0 Å². The lowest BCUT2D eigenvalue weighted by molar-refractivity contribution is 0.297. The summed E-state index contributed by atoms with van der Waals surface area (Å²) in [7, 11) is 2.09. The number of thioether (sulfide) groups is 1. The average molecular weight is 307 g/mol. The van der Waals surface area contributed by atoms with Crippen molar-refractivity contribution in [2.45, 2.75) is 48.8 Å². The van der Waals surface area contributed by atoms with Crippen LogP contribution in [-0.2, 0) is 0 Å². The van der Waals surface area contributed by atoms with Gasteiger partial charge in [0, 0.05) is 22.6 Å². The number of nitrogens with one attached hydrogen (secondary N) is 1. The highest BCUT2D eigenvalue weighted by Crippen LogP contribution is 2.40. The van der Waals surface area contributed by atoms with E-state index in [1.807, 2.05) is 11.8 Å². The summed E-state index contributed by atoms with van der Waals surface area (Å²) in [6.07, 6.45) is 4.85. The monoisotopic (exact) mass is 307 g/mol. The molecule has 0 aromatic heterocycles. The quantitative estimate of drug-likeness (QED) is 0.922. The summed E-state index contributed by atoms with van der Waals surface area (Å²) < 4.78 is 11.5. The van der Waals surface area contributed by atoms with Gasteiger partial charge in [-0.25, -0.2) is 0 Å². The molecule has 3 rings (SSSR count). The summed E-state index contributed by atoms with van der Waals surface area (Å²) in [4.78, 5) is 1.29. The molecular weight excluding hydrogens is 282 g/mol. The first-order valence-corrected chi connectivity index (χ1v) is 8.88. The lowest BCUT2D eigenvalue weighted by Gasteiger charge is -2.34. The molecule has 1 aromatic rings. The van der Waals surface area contributed by atoms with Crippen molar-refractivity contribution in [1.82, 2.24) is 5.32 Å². The third kappa shape index (κ3) is 3.67. The van der Waals surface area contributed by atoms with Crippen LogP contribution in [0.4, 0.5) is 0 Å². The fraction of sp³-hybridized carbons (Fsp3) is 0.647. The van der Waals surface area contributed by atoms with Crippen molar-refractivity contribution in [3.8, 4) is 11.5 Å². The van der Waals surface area contributed by atoms with Gasteiger partial charge in [-0.1, -0.05) is 6.92 Å². The van der Waals surface area contributed by atoms with Gasteiger partial charge in [-0.15, -0.1) is 11.8 Å². The Balaban J connectivity index is 1.73. The molecule has 0 bridgehead atoms. The summed E-state index contributed by atoms with van der Waals surface area (Å²) in [6, 6.07) is 6.99. The molecule has 1 aliphatic carbocycles. The summed E-state index contributed by atoms with van der Waals surface area (Å²) in [5.74, 6) is 2.62. The number of fused-ring (bicyclic) bond motifs is 1. The van der Waals surface area contributed by atoms with Gasteiger partial charge in [-0.3, -0.25) is 0 Å². The van der Waals surface area contributed by atoms with Crippen LogP contribution in [0.1, 0.15) is 32.6 Å². The highest BCUT2D eigenvalue weighted by molar-refractivity contribution is 8.00. The number of ether oxygens (including phenoxy) is 2. The second-order valence-electron chi connectivity index (χ2n) is 6.13. The zero-order chi connectivity index (χ0) is 14.7. The molecule has 3 atom stereocenters. The molecule has 1 N–H and O–H groups in total. The van der Waals surface area contributed by atoms with Crippen molar-refractivity contribution >= 4 is 11.8 Å². The molecule has 3 unspecified atom stereocenters. The first-order chi connectivity index (χ1) is 10.3. The minimum atomic E-state index is 0.613. The molecule has 116 valence electrons. The average Bonchev–Trinajstić information content (AvgIpc) is 2.72. The minimum Gasteiger partial charge on any atom is -0.490 e. The Hall–Kier alpha value is -0.870. The standard InChI is InChI=1S/C17H25NO2S/c1-12-4-6-14(18-2)17(10-12)21-13-5-7-15-16(11-13)20-9-3-8-19-15/h5,7,11-12,14,17-18H,3-4,6,8-10H2,1-2H3. The molecule has 0 saturated heterocycles. The fourth-order valence-electron chi connectivity index (χ4n) is 3.18. The molecule has 2 aliphatic rings. The van der Waals surface area contributed by atoms with E-state index >= 15 is 0 Å². The lowest BCUT2D eigenvalue weighted by atomic mass is 9.87. The molecule has 0 amide bonds. The van der Waals surface area contributed by atoms with Crippen molar-refractivity contribution in [2.24, 2.45) is 5.92 Å². The molecule has 1 saturated carbocycles. The predicted molar refractivity (Wildman–Crippen MR) is 87.6 cm³/mol. The maximum absolute atomic E-state index is 5.80. The summed E-state index contributed by atoms with van der Waals surface area (Å²) in [5.41, 5.74) is 0. The van der Waals surface area contributed by atoms with Gasteiger partial charge in [-0.2, -0.15) is 0 Å². The van der Waals surface area contributed by atoms with Crippen molar-refractivity contribution in [3.05, 3.63) is 18.2 Å². The van der Waals surface area contributed by atoms with Crippen LogP contribution in [0, 0.1) is 5.92 Å². The molecule has 1 aliphatic heterocycles. The highest BCUT2D eigenvalue weighted by Gasteiger charge is 2.28. The van der Waals surface area contributed by atoms with E-state index in [0.717, 1.165) is 37.1 Å². The highest BCUT2D eigenvalue weighted by atomic mass is 32.2. The Morgan fingerprint density at radius 3 is 2.76 bits per heavy atom. The van der Waals surface area contributed by atoms with Crippen LogP contribution in [0.3, 0.4) is 0 Å². The molecule has 0 radical (unpaired) electrons. The smallest absolute Gasteiger partial charge is 0.162 e. The molecule has 4 heteroatoms. The SMILES string of the molecule is CNC1CCC(C)CC1Sc1ccc2c(c1)OCCCO2. The number of hydrogen-bond donors (Lipinski definition) is 1. The Kier molecular flexibility index (Phi) is 4.96. The molecule has 1 fully saturated rings. The van der Waals surface area contributed by atoms with E-state index in [0.29, 0.717) is 11.3 Å². The van der Waals surface area contributed by atoms with Gasteiger partial charge in [0.05, 0.1) is 13.2 Å². The van der Waals surface area contributed by atoms with Crippen molar-refractivity contribution < 1.29 is 9.47 Å². The van der Waals surface area contributed by atoms with Crippen LogP contribution in [0.5, 0.6) is 11.5 Å². The van der Waals surface area contributed by atoms with Gasteiger partial charge in [-0.05, 0) is 50.4 Å². The van der Waals surface area contributed by atoms with Crippen LogP contribution >= 0.6 is 11.8 Å². The van der Waals surface area contributed by atoms with E-state index in [9.17, 15) is 0 Å². The van der Waals surface area contributed by atoms with Crippen LogP contribution in [0.2, 0.25) is 0 Å². The Morgan fingerprint density at radius 1 is 1.14 bits per heavy atom. The second kappa shape index (κ2) is 6.93. The molecule has 0 spiro atoms. The normalized spacial score (nSPS) is 29.0. The molecule has 3 nitrogen and oxygen atoms in total. The van der Waals surface area contributed by atoms with Gasteiger partial charge in [0.15, 0.2) is 11.5 Å². The first kappa shape index (κ1) is 15.0. The van der Waals surface area contributed by atoms with Crippen LogP contribution in [-0.4, -0.2) is 31.6 Å². The lowest BCUT2D eigenvalue weighted by Crippen LogP contribution is -2.40. The van der Waals surface area contributed by atoms with E-state index in [4.69, 9.17) is 9.47 Å². The van der Waals surface area contributed by atoms with E-state index in [1.54, 1.807) is 0 Å². The van der Waals surface area contributed by atoms with Crippen LogP contribution in [0.25, 0.3) is 0 Å². The molecular formula is C17H25NO2S. The van der Waals surface area contributed by atoms with E-state index in [2.05, 4.69) is 37.5 Å². The van der Waals surface area contributed by atoms with Crippen molar-refractivity contribution in [1.29, 1.82) is 0 Å². The Labute approximate surface area is 131 Å². The Bertz CT molecular complexity index is 480. The Morgan fingerprint density at radius 2 is 1.95 bits per heavy atom. The van der Waals surface area contributed by atoms with Gasteiger partial charge in [0.2, 0.25) is 0 Å². The van der Waals surface area contributed by atoms with E-state index < -0.39 is 0 Å². The third-order valence-electron chi connectivity index (χ3n) is 4.43. The minimum absolute atomic E-state index is 0.613. The molecule has 1 heterocycles. The van der Waals surface area contributed by atoms with Crippen LogP contribution < -0.4 is 14.8 Å². The van der Waals surface area contributed by atoms with Gasteiger partial charge >= 0.3 is 0 Å². The van der Waals surface area contributed by atoms with Crippen molar-refractivity contribution in [2.75, 3.05) is 20.3 Å². The molecule has 1 aromatic carbocycles. The summed E-state index contributed by atoms with van der Waals surface area (Å²) in [5, 5.41) is 4.13. The zero-order valence-corrected chi connectivity index (χ0v) is 13.7. The van der Waals surface area contributed by atoms with E-state index in [1.165, 1.54) is 24.2 Å².